The number of β-amino-alcohol motifs (C(OH)–C–C–N with tert-alkyl or cyclic N) is 1. The summed E-state index contributed by atoms with van der Waals surface area (Å²) < 4.78 is 25.0. The zero-order chi connectivity index (χ0) is 11.8. The molecule has 1 aromatic rings. The van der Waals surface area contributed by atoms with E-state index in [1.807, 2.05) is 6.07 Å². The van der Waals surface area contributed by atoms with Gasteiger partial charge in [-0.3, -0.25) is 0 Å². The van der Waals surface area contributed by atoms with Gasteiger partial charge in [0.2, 0.25) is 10.0 Å². The number of sulfonamides is 1. The van der Waals surface area contributed by atoms with E-state index in [9.17, 15) is 8.42 Å². The molecule has 0 radical (unpaired) electrons. The van der Waals surface area contributed by atoms with Crippen molar-refractivity contribution in [2.24, 2.45) is 0 Å². The molecule has 0 aromatic heterocycles. The number of nitrogens with zero attached hydrogens (tertiary/aromatic N) is 2. The minimum absolute atomic E-state index is 0.141. The van der Waals surface area contributed by atoms with Crippen LogP contribution in [-0.2, 0) is 10.0 Å². The largest absolute Gasteiger partial charge is 0.390 e. The molecule has 1 aromatic carbocycles. The van der Waals surface area contributed by atoms with Crippen LogP contribution in [0.3, 0.4) is 0 Å². The Kier molecular flexibility index (Phi) is 2.68. The van der Waals surface area contributed by atoms with Crippen molar-refractivity contribution in [3.63, 3.8) is 0 Å². The maximum atomic E-state index is 11.9. The highest BCUT2D eigenvalue weighted by molar-refractivity contribution is 7.89. The molecule has 0 spiro atoms. The number of aliphatic hydroxyl groups excluding tert-OH is 1. The Bertz CT molecular complexity index is 524. The van der Waals surface area contributed by atoms with Crippen molar-refractivity contribution >= 4 is 10.0 Å². The summed E-state index contributed by atoms with van der Waals surface area (Å²) in [5.41, 5.74) is 0.419. The smallest absolute Gasteiger partial charge is 0.243 e. The van der Waals surface area contributed by atoms with E-state index in [-0.39, 0.29) is 18.0 Å². The van der Waals surface area contributed by atoms with Crippen LogP contribution >= 0.6 is 0 Å². The molecule has 0 aliphatic carbocycles. The van der Waals surface area contributed by atoms with Crippen LogP contribution in [-0.4, -0.2) is 37.0 Å². The zero-order valence-electron chi connectivity index (χ0n) is 8.37. The highest BCUT2D eigenvalue weighted by Crippen LogP contribution is 2.21. The second kappa shape index (κ2) is 3.87. The SMILES string of the molecule is N#Cc1ccc(S(=O)(=O)N2CC(O)C2)cc1. The van der Waals surface area contributed by atoms with Gasteiger partial charge in [-0.2, -0.15) is 9.57 Å². The maximum Gasteiger partial charge on any atom is 0.243 e. The standard InChI is InChI=1S/C10H10N2O3S/c11-5-8-1-3-10(4-2-8)16(14,15)12-6-9(13)7-12/h1-4,9,13H,6-7H2. The van der Waals surface area contributed by atoms with E-state index in [0.717, 1.165) is 0 Å². The van der Waals surface area contributed by atoms with E-state index in [1.165, 1.54) is 28.6 Å². The molecule has 1 aliphatic rings. The van der Waals surface area contributed by atoms with Gasteiger partial charge in [0.1, 0.15) is 0 Å². The Labute approximate surface area is 93.6 Å². The van der Waals surface area contributed by atoms with Gasteiger partial charge in [0.05, 0.1) is 22.6 Å². The Morgan fingerprint density at radius 3 is 2.31 bits per heavy atom. The van der Waals surface area contributed by atoms with Crippen LogP contribution in [0, 0.1) is 11.3 Å². The first-order valence-corrected chi connectivity index (χ1v) is 6.16. The predicted molar refractivity (Wildman–Crippen MR) is 55.9 cm³/mol. The summed E-state index contributed by atoms with van der Waals surface area (Å²) in [5.74, 6) is 0. The highest BCUT2D eigenvalue weighted by atomic mass is 32.2. The number of aliphatic hydroxyl groups is 1. The third-order valence-electron chi connectivity index (χ3n) is 2.45. The van der Waals surface area contributed by atoms with Crippen LogP contribution in [0.4, 0.5) is 0 Å². The van der Waals surface area contributed by atoms with Gasteiger partial charge in [0.25, 0.3) is 0 Å². The van der Waals surface area contributed by atoms with Crippen LogP contribution in [0.1, 0.15) is 5.56 Å². The molecule has 0 atom stereocenters. The fourth-order valence-electron chi connectivity index (χ4n) is 1.46. The van der Waals surface area contributed by atoms with Gasteiger partial charge in [0, 0.05) is 13.1 Å². The Morgan fingerprint density at radius 1 is 1.31 bits per heavy atom. The van der Waals surface area contributed by atoms with Gasteiger partial charge in [-0.1, -0.05) is 0 Å². The number of benzene rings is 1. The third kappa shape index (κ3) is 1.80. The second-order valence-corrected chi connectivity index (χ2v) is 5.55. The minimum atomic E-state index is -3.50. The van der Waals surface area contributed by atoms with E-state index >= 15 is 0 Å². The molecule has 84 valence electrons. The lowest BCUT2D eigenvalue weighted by atomic mass is 10.2. The predicted octanol–water partition coefficient (Wildman–Crippen LogP) is -0.0765. The average Bonchev–Trinajstić information content (AvgIpc) is 2.25. The summed E-state index contributed by atoms with van der Waals surface area (Å²) in [6, 6.07) is 7.65. The van der Waals surface area contributed by atoms with Crippen molar-refractivity contribution in [1.29, 1.82) is 5.26 Å². The zero-order valence-corrected chi connectivity index (χ0v) is 9.18. The maximum absolute atomic E-state index is 11.9. The van der Waals surface area contributed by atoms with Crippen LogP contribution < -0.4 is 0 Å². The van der Waals surface area contributed by atoms with Gasteiger partial charge in [-0.05, 0) is 24.3 Å². The lowest BCUT2D eigenvalue weighted by Crippen LogP contribution is -2.53. The molecule has 0 bridgehead atoms. The number of rotatable bonds is 2. The fraction of sp³-hybridized carbons (Fsp3) is 0.300. The van der Waals surface area contributed by atoms with E-state index in [1.54, 1.807) is 0 Å². The summed E-state index contributed by atoms with van der Waals surface area (Å²) in [4.78, 5) is 0.151. The fourth-order valence-corrected chi connectivity index (χ4v) is 2.98. The van der Waals surface area contributed by atoms with Crippen molar-refractivity contribution in [2.45, 2.75) is 11.0 Å². The molecule has 0 amide bonds. The van der Waals surface area contributed by atoms with Gasteiger partial charge in [0.15, 0.2) is 0 Å². The summed E-state index contributed by atoms with van der Waals surface area (Å²) in [6.45, 7) is 0.282. The first-order chi connectivity index (χ1) is 7.54. The first kappa shape index (κ1) is 11.1. The highest BCUT2D eigenvalue weighted by Gasteiger charge is 2.35. The summed E-state index contributed by atoms with van der Waals surface area (Å²) in [6.07, 6.45) is -0.562. The van der Waals surface area contributed by atoms with Crippen LogP contribution in [0.25, 0.3) is 0 Å². The van der Waals surface area contributed by atoms with Crippen LogP contribution in [0.2, 0.25) is 0 Å². The molecule has 1 heterocycles. The lowest BCUT2D eigenvalue weighted by Gasteiger charge is -2.34. The van der Waals surface area contributed by atoms with Crippen LogP contribution in [0.5, 0.6) is 0 Å². The van der Waals surface area contributed by atoms with Crippen molar-refractivity contribution in [3.8, 4) is 6.07 Å². The van der Waals surface area contributed by atoms with Crippen molar-refractivity contribution < 1.29 is 13.5 Å². The summed E-state index contributed by atoms with van der Waals surface area (Å²) in [5, 5.41) is 17.7. The van der Waals surface area contributed by atoms with E-state index < -0.39 is 16.1 Å². The number of nitriles is 1. The Hall–Kier alpha value is -1.42. The van der Waals surface area contributed by atoms with E-state index in [4.69, 9.17) is 10.4 Å². The molecular formula is C10H10N2O3S. The van der Waals surface area contributed by atoms with E-state index in [2.05, 4.69) is 0 Å². The number of hydrogen-bond acceptors (Lipinski definition) is 4. The minimum Gasteiger partial charge on any atom is -0.390 e. The molecule has 1 fully saturated rings. The molecule has 16 heavy (non-hydrogen) atoms. The summed E-state index contributed by atoms with van der Waals surface area (Å²) in [7, 11) is -3.50. The van der Waals surface area contributed by atoms with Gasteiger partial charge >= 0.3 is 0 Å². The molecular weight excluding hydrogens is 228 g/mol. The molecule has 1 aliphatic heterocycles. The molecule has 5 nitrogen and oxygen atoms in total. The van der Waals surface area contributed by atoms with Gasteiger partial charge in [-0.15, -0.1) is 0 Å². The third-order valence-corrected chi connectivity index (χ3v) is 4.30. The van der Waals surface area contributed by atoms with Gasteiger partial charge < -0.3 is 5.11 Å². The molecule has 1 N–H and O–H groups in total. The quantitative estimate of drug-likeness (QED) is 0.781. The average molecular weight is 238 g/mol. The van der Waals surface area contributed by atoms with Crippen molar-refractivity contribution in [3.05, 3.63) is 29.8 Å². The molecule has 6 heteroatoms. The molecule has 0 saturated carbocycles. The van der Waals surface area contributed by atoms with Crippen molar-refractivity contribution in [2.75, 3.05) is 13.1 Å². The monoisotopic (exact) mass is 238 g/mol. The lowest BCUT2D eigenvalue weighted by molar-refractivity contribution is 0.0548. The normalized spacial score (nSPS) is 17.8. The van der Waals surface area contributed by atoms with Crippen molar-refractivity contribution in [1.82, 2.24) is 4.31 Å². The molecule has 1 saturated heterocycles. The summed E-state index contributed by atoms with van der Waals surface area (Å²) >= 11 is 0. The van der Waals surface area contributed by atoms with E-state index in [0.29, 0.717) is 5.56 Å². The number of hydrogen-bond donors (Lipinski definition) is 1. The van der Waals surface area contributed by atoms with Gasteiger partial charge in [-0.25, -0.2) is 8.42 Å². The Morgan fingerprint density at radius 2 is 1.88 bits per heavy atom. The topological polar surface area (TPSA) is 81.4 Å². The first-order valence-electron chi connectivity index (χ1n) is 4.72. The molecule has 2 rings (SSSR count). The Balaban J connectivity index is 2.27. The second-order valence-electron chi connectivity index (χ2n) is 3.61. The van der Waals surface area contributed by atoms with Crippen LogP contribution in [0.15, 0.2) is 29.2 Å². The molecule has 0 unspecified atom stereocenters.